The van der Waals surface area contributed by atoms with E-state index in [0.717, 1.165) is 43.7 Å². The van der Waals surface area contributed by atoms with Crippen LogP contribution in [0, 0.1) is 0 Å². The number of hydrogen-bond acceptors (Lipinski definition) is 2. The summed E-state index contributed by atoms with van der Waals surface area (Å²) < 4.78 is 41.9. The summed E-state index contributed by atoms with van der Waals surface area (Å²) in [4.78, 5) is 0. The fourth-order valence-electron chi connectivity index (χ4n) is 1.54. The molecule has 1 rings (SSSR count). The molecule has 0 spiro atoms. The fraction of sp³-hybridized carbons (Fsp3) is 0.538. The van der Waals surface area contributed by atoms with Crippen molar-refractivity contribution in [3.05, 3.63) is 35.4 Å². The van der Waals surface area contributed by atoms with Gasteiger partial charge in [0.25, 0.3) is 0 Å². The van der Waals surface area contributed by atoms with Crippen molar-refractivity contribution in [3.8, 4) is 0 Å². The van der Waals surface area contributed by atoms with Crippen LogP contribution in [-0.2, 0) is 17.5 Å². The normalized spacial score (nSPS) is 11.8. The molecule has 18 heavy (non-hydrogen) atoms. The highest BCUT2D eigenvalue weighted by atomic mass is 19.4. The van der Waals surface area contributed by atoms with Gasteiger partial charge in [-0.1, -0.05) is 12.1 Å². The van der Waals surface area contributed by atoms with E-state index < -0.39 is 11.7 Å². The largest absolute Gasteiger partial charge is 0.416 e. The van der Waals surface area contributed by atoms with Crippen LogP contribution in [0.15, 0.2) is 24.3 Å². The van der Waals surface area contributed by atoms with E-state index in [-0.39, 0.29) is 0 Å². The molecule has 0 amide bonds. The Bertz CT molecular complexity index is 335. The highest BCUT2D eigenvalue weighted by molar-refractivity contribution is 5.24. The Morgan fingerprint density at radius 2 is 1.78 bits per heavy atom. The maximum absolute atomic E-state index is 12.3. The van der Waals surface area contributed by atoms with Crippen LogP contribution in [0.1, 0.15) is 24.0 Å². The summed E-state index contributed by atoms with van der Waals surface area (Å²) in [5.74, 6) is 0. The lowest BCUT2D eigenvalue weighted by Crippen LogP contribution is -2.15. The van der Waals surface area contributed by atoms with E-state index in [9.17, 15) is 13.2 Å². The van der Waals surface area contributed by atoms with Crippen molar-refractivity contribution in [1.82, 2.24) is 5.32 Å². The third-order valence-corrected chi connectivity index (χ3v) is 2.56. The second-order valence-electron chi connectivity index (χ2n) is 4.07. The summed E-state index contributed by atoms with van der Waals surface area (Å²) in [6, 6.07) is 5.24. The van der Waals surface area contributed by atoms with Crippen LogP contribution in [-0.4, -0.2) is 20.3 Å². The Morgan fingerprint density at radius 3 is 2.33 bits per heavy atom. The Balaban J connectivity index is 2.27. The van der Waals surface area contributed by atoms with Gasteiger partial charge in [-0.2, -0.15) is 13.2 Å². The minimum Gasteiger partial charge on any atom is -0.385 e. The predicted octanol–water partition coefficient (Wildman–Crippen LogP) is 3.22. The molecule has 1 aromatic carbocycles. The van der Waals surface area contributed by atoms with Crippen LogP contribution in [0.3, 0.4) is 0 Å². The molecular weight excluding hydrogens is 243 g/mol. The topological polar surface area (TPSA) is 21.3 Å². The Kier molecular flexibility index (Phi) is 6.15. The first-order valence-corrected chi connectivity index (χ1v) is 5.90. The average molecular weight is 261 g/mol. The molecule has 0 aromatic heterocycles. The minimum atomic E-state index is -4.26. The van der Waals surface area contributed by atoms with Crippen molar-refractivity contribution in [2.45, 2.75) is 25.6 Å². The lowest BCUT2D eigenvalue weighted by molar-refractivity contribution is -0.137. The van der Waals surface area contributed by atoms with Gasteiger partial charge in [0, 0.05) is 20.3 Å². The lowest BCUT2D eigenvalue weighted by Gasteiger charge is -2.08. The highest BCUT2D eigenvalue weighted by Crippen LogP contribution is 2.28. The number of nitrogens with one attached hydrogen (secondary N) is 1. The summed E-state index contributed by atoms with van der Waals surface area (Å²) in [6.07, 6.45) is -2.28. The maximum Gasteiger partial charge on any atom is 0.416 e. The van der Waals surface area contributed by atoms with E-state index >= 15 is 0 Å². The van der Waals surface area contributed by atoms with E-state index in [2.05, 4.69) is 5.32 Å². The molecule has 0 aliphatic rings. The number of halogens is 3. The first-order chi connectivity index (χ1) is 8.54. The lowest BCUT2D eigenvalue weighted by atomic mass is 10.1. The van der Waals surface area contributed by atoms with Gasteiger partial charge in [-0.15, -0.1) is 0 Å². The van der Waals surface area contributed by atoms with Crippen LogP contribution in [0.4, 0.5) is 13.2 Å². The quantitative estimate of drug-likeness (QED) is 0.761. The van der Waals surface area contributed by atoms with Crippen molar-refractivity contribution in [2.24, 2.45) is 0 Å². The number of unbranched alkanes of at least 4 members (excludes halogenated alkanes) is 1. The number of methoxy groups -OCH3 is 1. The van der Waals surface area contributed by atoms with E-state index in [0.29, 0.717) is 6.54 Å². The van der Waals surface area contributed by atoms with Crippen LogP contribution in [0.25, 0.3) is 0 Å². The molecule has 0 atom stereocenters. The van der Waals surface area contributed by atoms with Crippen molar-refractivity contribution in [1.29, 1.82) is 0 Å². The third-order valence-electron chi connectivity index (χ3n) is 2.56. The zero-order valence-electron chi connectivity index (χ0n) is 10.4. The molecule has 0 radical (unpaired) electrons. The monoisotopic (exact) mass is 261 g/mol. The fourth-order valence-corrected chi connectivity index (χ4v) is 1.54. The van der Waals surface area contributed by atoms with Gasteiger partial charge >= 0.3 is 6.18 Å². The van der Waals surface area contributed by atoms with Crippen LogP contribution < -0.4 is 5.32 Å². The second kappa shape index (κ2) is 7.38. The smallest absolute Gasteiger partial charge is 0.385 e. The van der Waals surface area contributed by atoms with Crippen molar-refractivity contribution < 1.29 is 17.9 Å². The Morgan fingerprint density at radius 1 is 1.11 bits per heavy atom. The molecule has 0 saturated heterocycles. The maximum atomic E-state index is 12.3. The summed E-state index contributed by atoms with van der Waals surface area (Å²) in [5.41, 5.74) is 0.251. The zero-order valence-corrected chi connectivity index (χ0v) is 10.4. The van der Waals surface area contributed by atoms with Crippen LogP contribution in [0.2, 0.25) is 0 Å². The van der Waals surface area contributed by atoms with Gasteiger partial charge in [-0.25, -0.2) is 0 Å². The zero-order chi connectivity index (χ0) is 13.4. The summed E-state index contributed by atoms with van der Waals surface area (Å²) >= 11 is 0. The SMILES string of the molecule is COCCCCNCc1ccc(C(F)(F)F)cc1. The molecule has 0 unspecified atom stereocenters. The van der Waals surface area contributed by atoms with Gasteiger partial charge in [0.2, 0.25) is 0 Å². The molecule has 0 saturated carbocycles. The standard InChI is InChI=1S/C13H18F3NO/c1-18-9-3-2-8-17-10-11-4-6-12(7-5-11)13(14,15)16/h4-7,17H,2-3,8-10H2,1H3. The van der Waals surface area contributed by atoms with E-state index in [1.807, 2.05) is 0 Å². The molecule has 5 heteroatoms. The predicted molar refractivity (Wildman–Crippen MR) is 64.3 cm³/mol. The molecule has 0 heterocycles. The molecular formula is C13H18F3NO. The summed E-state index contributed by atoms with van der Waals surface area (Å²) in [7, 11) is 1.66. The number of ether oxygens (including phenoxy) is 1. The average Bonchev–Trinajstić information content (AvgIpc) is 2.33. The van der Waals surface area contributed by atoms with Crippen LogP contribution >= 0.6 is 0 Å². The van der Waals surface area contributed by atoms with Gasteiger partial charge in [0.1, 0.15) is 0 Å². The van der Waals surface area contributed by atoms with Gasteiger partial charge in [-0.3, -0.25) is 0 Å². The molecule has 1 N–H and O–H groups in total. The first-order valence-electron chi connectivity index (χ1n) is 5.90. The Labute approximate surface area is 105 Å². The number of hydrogen-bond donors (Lipinski definition) is 1. The van der Waals surface area contributed by atoms with E-state index in [4.69, 9.17) is 4.74 Å². The van der Waals surface area contributed by atoms with Gasteiger partial charge < -0.3 is 10.1 Å². The number of alkyl halides is 3. The molecule has 1 aromatic rings. The molecule has 0 aliphatic carbocycles. The number of benzene rings is 1. The second-order valence-corrected chi connectivity index (χ2v) is 4.07. The van der Waals surface area contributed by atoms with Gasteiger partial charge in [-0.05, 0) is 37.1 Å². The highest BCUT2D eigenvalue weighted by Gasteiger charge is 2.29. The van der Waals surface area contributed by atoms with Crippen LogP contribution in [0.5, 0.6) is 0 Å². The van der Waals surface area contributed by atoms with Crippen molar-refractivity contribution in [2.75, 3.05) is 20.3 Å². The summed E-state index contributed by atoms with van der Waals surface area (Å²) in [5, 5.41) is 3.18. The molecule has 2 nitrogen and oxygen atoms in total. The minimum absolute atomic E-state index is 0.588. The molecule has 0 aliphatic heterocycles. The van der Waals surface area contributed by atoms with E-state index in [1.165, 1.54) is 12.1 Å². The first kappa shape index (κ1) is 15.0. The molecule has 102 valence electrons. The molecule has 0 fully saturated rings. The third kappa shape index (κ3) is 5.51. The molecule has 0 bridgehead atoms. The van der Waals surface area contributed by atoms with Crippen molar-refractivity contribution in [3.63, 3.8) is 0 Å². The Hall–Kier alpha value is -1.07. The van der Waals surface area contributed by atoms with E-state index in [1.54, 1.807) is 7.11 Å². The number of rotatable bonds is 7. The van der Waals surface area contributed by atoms with Gasteiger partial charge in [0.15, 0.2) is 0 Å². The van der Waals surface area contributed by atoms with Crippen molar-refractivity contribution >= 4 is 0 Å². The summed E-state index contributed by atoms with van der Waals surface area (Å²) in [6.45, 7) is 2.16. The van der Waals surface area contributed by atoms with Gasteiger partial charge in [0.05, 0.1) is 5.56 Å².